The summed E-state index contributed by atoms with van der Waals surface area (Å²) in [4.78, 5) is 8.85. The lowest BCUT2D eigenvalue weighted by Crippen LogP contribution is -2.43. The van der Waals surface area contributed by atoms with Crippen LogP contribution < -0.4 is 10.6 Å². The molecule has 6 heteroatoms. The zero-order chi connectivity index (χ0) is 20.2. The molecule has 0 saturated carbocycles. The summed E-state index contributed by atoms with van der Waals surface area (Å²) < 4.78 is 0. The van der Waals surface area contributed by atoms with Crippen molar-refractivity contribution in [2.45, 2.75) is 53.0 Å². The molecule has 2 rings (SSSR count). The summed E-state index contributed by atoms with van der Waals surface area (Å²) in [6.45, 7) is 13.0. The minimum Gasteiger partial charge on any atom is -0.396 e. The Labute approximate surface area is 175 Å². The van der Waals surface area contributed by atoms with E-state index in [0.29, 0.717) is 17.8 Å². The fourth-order valence-corrected chi connectivity index (χ4v) is 4.65. The Morgan fingerprint density at radius 3 is 2.71 bits per heavy atom. The third-order valence-electron chi connectivity index (χ3n) is 5.42. The number of nitrogens with zero attached hydrogens (tertiary/aromatic N) is 2. The molecule has 1 aromatic heterocycles. The number of thiophene rings is 1. The molecule has 0 bridgehead atoms. The SMILES string of the molecule is CCNC(=NCC(CCO)CC(C)C)NCC1CCN(Cc2cccs2)CC1. The summed E-state index contributed by atoms with van der Waals surface area (Å²) in [5.41, 5.74) is 0. The van der Waals surface area contributed by atoms with Gasteiger partial charge in [0.15, 0.2) is 5.96 Å². The number of hydrogen-bond donors (Lipinski definition) is 3. The molecule has 1 saturated heterocycles. The van der Waals surface area contributed by atoms with Gasteiger partial charge in [0, 0.05) is 37.7 Å². The zero-order valence-electron chi connectivity index (χ0n) is 18.0. The Bertz CT molecular complexity index is 539. The number of nitrogens with one attached hydrogen (secondary N) is 2. The van der Waals surface area contributed by atoms with Crippen molar-refractivity contribution in [1.82, 2.24) is 15.5 Å². The van der Waals surface area contributed by atoms with Gasteiger partial charge in [0.25, 0.3) is 0 Å². The van der Waals surface area contributed by atoms with Gasteiger partial charge < -0.3 is 15.7 Å². The van der Waals surface area contributed by atoms with Crippen LogP contribution in [-0.4, -0.2) is 55.3 Å². The highest BCUT2D eigenvalue weighted by Gasteiger charge is 2.20. The molecule has 2 heterocycles. The highest BCUT2D eigenvalue weighted by Crippen LogP contribution is 2.20. The molecular formula is C22H40N4OS. The first-order valence-electron chi connectivity index (χ1n) is 11.0. The van der Waals surface area contributed by atoms with Crippen LogP contribution in [0.4, 0.5) is 0 Å². The molecule has 1 unspecified atom stereocenters. The zero-order valence-corrected chi connectivity index (χ0v) is 18.8. The number of guanidine groups is 1. The highest BCUT2D eigenvalue weighted by molar-refractivity contribution is 7.09. The third kappa shape index (κ3) is 8.93. The molecule has 1 aliphatic heterocycles. The number of piperidine rings is 1. The van der Waals surface area contributed by atoms with Gasteiger partial charge in [-0.2, -0.15) is 0 Å². The van der Waals surface area contributed by atoms with E-state index in [2.05, 4.69) is 53.8 Å². The van der Waals surface area contributed by atoms with E-state index in [9.17, 15) is 5.11 Å². The van der Waals surface area contributed by atoms with Crippen molar-refractivity contribution in [2.24, 2.45) is 22.7 Å². The fourth-order valence-electron chi connectivity index (χ4n) is 3.91. The smallest absolute Gasteiger partial charge is 0.191 e. The molecule has 0 aromatic carbocycles. The lowest BCUT2D eigenvalue weighted by Gasteiger charge is -2.32. The van der Waals surface area contributed by atoms with Crippen LogP contribution in [0.1, 0.15) is 51.3 Å². The van der Waals surface area contributed by atoms with Crippen LogP contribution in [0.2, 0.25) is 0 Å². The van der Waals surface area contributed by atoms with Gasteiger partial charge in [-0.1, -0.05) is 19.9 Å². The van der Waals surface area contributed by atoms with E-state index in [1.165, 1.54) is 30.8 Å². The minimum absolute atomic E-state index is 0.251. The maximum absolute atomic E-state index is 9.31. The molecule has 0 spiro atoms. The lowest BCUT2D eigenvalue weighted by molar-refractivity contribution is 0.179. The monoisotopic (exact) mass is 408 g/mol. The lowest BCUT2D eigenvalue weighted by atomic mass is 9.94. The minimum atomic E-state index is 0.251. The van der Waals surface area contributed by atoms with E-state index >= 15 is 0 Å². The van der Waals surface area contributed by atoms with Crippen molar-refractivity contribution in [3.63, 3.8) is 0 Å². The quantitative estimate of drug-likeness (QED) is 0.387. The second-order valence-electron chi connectivity index (χ2n) is 8.41. The Kier molecular flexibility index (Phi) is 10.9. The molecule has 0 radical (unpaired) electrons. The normalized spacial score (nSPS) is 17.8. The topological polar surface area (TPSA) is 59.9 Å². The summed E-state index contributed by atoms with van der Waals surface area (Å²) >= 11 is 1.86. The van der Waals surface area contributed by atoms with Crippen molar-refractivity contribution in [2.75, 3.05) is 39.3 Å². The molecule has 1 fully saturated rings. The Morgan fingerprint density at radius 2 is 2.11 bits per heavy atom. The molecule has 1 aliphatic rings. The van der Waals surface area contributed by atoms with Gasteiger partial charge in [0.05, 0.1) is 0 Å². The largest absolute Gasteiger partial charge is 0.396 e. The Balaban J connectivity index is 1.74. The van der Waals surface area contributed by atoms with Gasteiger partial charge in [-0.25, -0.2) is 0 Å². The first-order valence-corrected chi connectivity index (χ1v) is 11.9. The molecule has 1 atom stereocenters. The van der Waals surface area contributed by atoms with Crippen LogP contribution in [0, 0.1) is 17.8 Å². The fraction of sp³-hybridized carbons (Fsp3) is 0.773. The van der Waals surface area contributed by atoms with Crippen molar-refractivity contribution < 1.29 is 5.11 Å². The number of hydrogen-bond acceptors (Lipinski definition) is 4. The van der Waals surface area contributed by atoms with Gasteiger partial charge >= 0.3 is 0 Å². The Morgan fingerprint density at radius 1 is 1.32 bits per heavy atom. The third-order valence-corrected chi connectivity index (χ3v) is 6.28. The maximum atomic E-state index is 9.31. The van der Waals surface area contributed by atoms with E-state index in [1.54, 1.807) is 0 Å². The van der Waals surface area contributed by atoms with Gasteiger partial charge in [-0.05, 0) is 74.9 Å². The van der Waals surface area contributed by atoms with Crippen LogP contribution >= 0.6 is 11.3 Å². The van der Waals surface area contributed by atoms with Crippen LogP contribution in [0.3, 0.4) is 0 Å². The summed E-state index contributed by atoms with van der Waals surface area (Å²) in [6.07, 6.45) is 4.45. The first-order chi connectivity index (χ1) is 13.6. The van der Waals surface area contributed by atoms with Gasteiger partial charge in [0.2, 0.25) is 0 Å². The molecule has 0 aliphatic carbocycles. The Hall–Kier alpha value is -1.11. The number of likely N-dealkylation sites (tertiary alicyclic amines) is 1. The summed E-state index contributed by atoms with van der Waals surface area (Å²) in [6, 6.07) is 4.38. The average Bonchev–Trinajstić information content (AvgIpc) is 3.18. The van der Waals surface area contributed by atoms with Crippen molar-refractivity contribution >= 4 is 17.3 Å². The maximum Gasteiger partial charge on any atom is 0.191 e. The average molecular weight is 409 g/mol. The van der Waals surface area contributed by atoms with Crippen molar-refractivity contribution in [1.29, 1.82) is 0 Å². The van der Waals surface area contributed by atoms with Crippen LogP contribution in [0.5, 0.6) is 0 Å². The van der Waals surface area contributed by atoms with E-state index in [4.69, 9.17) is 4.99 Å². The number of aliphatic imine (C=N–C) groups is 1. The summed E-state index contributed by atoms with van der Waals surface area (Å²) in [5.74, 6) is 2.74. The first kappa shape index (κ1) is 23.2. The van der Waals surface area contributed by atoms with E-state index in [-0.39, 0.29) is 6.61 Å². The second kappa shape index (κ2) is 13.2. The van der Waals surface area contributed by atoms with E-state index < -0.39 is 0 Å². The molecule has 3 N–H and O–H groups in total. The van der Waals surface area contributed by atoms with Gasteiger partial charge in [-0.3, -0.25) is 9.89 Å². The standard InChI is InChI=1S/C22H40N4OS/c1-4-23-22(25-16-20(9-12-27)14-18(2)3)24-15-19-7-10-26(11-8-19)17-21-6-5-13-28-21/h5-6,13,18-20,27H,4,7-12,14-17H2,1-3H3,(H2,23,24,25). The van der Waals surface area contributed by atoms with E-state index in [1.807, 2.05) is 11.3 Å². The number of aliphatic hydroxyl groups excluding tert-OH is 1. The molecular weight excluding hydrogens is 368 g/mol. The summed E-state index contributed by atoms with van der Waals surface area (Å²) in [7, 11) is 0. The van der Waals surface area contributed by atoms with Crippen LogP contribution in [0.25, 0.3) is 0 Å². The van der Waals surface area contributed by atoms with Crippen LogP contribution in [0.15, 0.2) is 22.5 Å². The predicted octanol–water partition coefficient (Wildman–Crippen LogP) is 3.56. The number of rotatable bonds is 11. The van der Waals surface area contributed by atoms with Gasteiger partial charge in [0.1, 0.15) is 0 Å². The molecule has 5 nitrogen and oxygen atoms in total. The summed E-state index contributed by atoms with van der Waals surface area (Å²) in [5, 5.41) is 18.4. The molecule has 28 heavy (non-hydrogen) atoms. The molecule has 0 amide bonds. The number of aliphatic hydroxyl groups is 1. The van der Waals surface area contributed by atoms with Gasteiger partial charge in [-0.15, -0.1) is 11.3 Å². The highest BCUT2D eigenvalue weighted by atomic mass is 32.1. The van der Waals surface area contributed by atoms with Crippen LogP contribution in [-0.2, 0) is 6.54 Å². The van der Waals surface area contributed by atoms with Crippen molar-refractivity contribution in [3.05, 3.63) is 22.4 Å². The predicted molar refractivity (Wildman–Crippen MR) is 121 cm³/mol. The van der Waals surface area contributed by atoms with Crippen molar-refractivity contribution in [3.8, 4) is 0 Å². The molecule has 1 aromatic rings. The second-order valence-corrected chi connectivity index (χ2v) is 9.44. The van der Waals surface area contributed by atoms with E-state index in [0.717, 1.165) is 45.0 Å². The molecule has 160 valence electrons.